The molecule has 2 rings (SSSR count). The third-order valence-corrected chi connectivity index (χ3v) is 3.99. The van der Waals surface area contributed by atoms with Crippen molar-refractivity contribution in [2.24, 2.45) is 9.98 Å². The smallest absolute Gasteiger partial charge is 0.274 e. The van der Waals surface area contributed by atoms with Gasteiger partial charge in [0.1, 0.15) is 0 Å². The van der Waals surface area contributed by atoms with Crippen molar-refractivity contribution < 1.29 is 9.53 Å². The van der Waals surface area contributed by atoms with Crippen molar-refractivity contribution in [2.45, 2.75) is 26.3 Å². The highest BCUT2D eigenvalue weighted by Gasteiger charge is 2.26. The molecule has 0 radical (unpaired) electrons. The van der Waals surface area contributed by atoms with Gasteiger partial charge in [0.25, 0.3) is 5.91 Å². The molecule has 0 atom stereocenters. The van der Waals surface area contributed by atoms with Gasteiger partial charge in [-0.1, -0.05) is 12.0 Å². The van der Waals surface area contributed by atoms with Crippen molar-refractivity contribution in [3.8, 4) is 18.2 Å². The van der Waals surface area contributed by atoms with Crippen molar-refractivity contribution in [2.75, 3.05) is 14.2 Å². The first-order chi connectivity index (χ1) is 12.7. The number of rotatable bonds is 5. The number of pyridine rings is 1. The first-order valence-electron chi connectivity index (χ1n) is 8.26. The Hall–Kier alpha value is -3.40. The highest BCUT2D eigenvalue weighted by Crippen LogP contribution is 2.24. The Morgan fingerprint density at radius 2 is 2.15 bits per heavy atom. The van der Waals surface area contributed by atoms with Crippen LogP contribution in [0, 0.1) is 12.3 Å². The van der Waals surface area contributed by atoms with Gasteiger partial charge in [-0.25, -0.2) is 9.98 Å². The Bertz CT molecular complexity index is 903. The fraction of sp³-hybridized carbons (Fsp3) is 0.300. The lowest BCUT2D eigenvalue weighted by Crippen LogP contribution is -2.43. The monoisotopic (exact) mass is 365 g/mol. The Balaban J connectivity index is 2.55. The fourth-order valence-electron chi connectivity index (χ4n) is 2.32. The zero-order valence-corrected chi connectivity index (χ0v) is 16.2. The molecule has 140 valence electrons. The molecular weight excluding hydrogens is 342 g/mol. The summed E-state index contributed by atoms with van der Waals surface area (Å²) in [5, 5.41) is 2.74. The molecule has 0 aromatic carbocycles. The van der Waals surface area contributed by atoms with Crippen LogP contribution in [0.2, 0.25) is 0 Å². The normalized spacial score (nSPS) is 15.9. The van der Waals surface area contributed by atoms with Crippen LogP contribution in [-0.4, -0.2) is 47.9 Å². The van der Waals surface area contributed by atoms with Gasteiger partial charge in [0, 0.05) is 18.8 Å². The third kappa shape index (κ3) is 4.42. The van der Waals surface area contributed by atoms with Crippen LogP contribution >= 0.6 is 0 Å². The summed E-state index contributed by atoms with van der Waals surface area (Å²) in [7, 11) is 3.34. The summed E-state index contributed by atoms with van der Waals surface area (Å²) < 4.78 is 5.17. The predicted molar refractivity (Wildman–Crippen MR) is 106 cm³/mol. The minimum Gasteiger partial charge on any atom is -0.481 e. The third-order valence-electron chi connectivity index (χ3n) is 3.99. The molecule has 0 aliphatic carbocycles. The van der Waals surface area contributed by atoms with Crippen LogP contribution in [0.3, 0.4) is 0 Å². The highest BCUT2D eigenvalue weighted by atomic mass is 16.5. The number of nitrogens with zero attached hydrogens (tertiary/aromatic N) is 4. The number of nitrogens with one attached hydrogen (secondary N) is 1. The molecule has 27 heavy (non-hydrogen) atoms. The van der Waals surface area contributed by atoms with Crippen LogP contribution in [-0.2, 0) is 4.79 Å². The zero-order valence-electron chi connectivity index (χ0n) is 16.2. The maximum atomic E-state index is 12.7. The molecule has 0 spiro atoms. The van der Waals surface area contributed by atoms with E-state index in [2.05, 4.69) is 32.9 Å². The van der Waals surface area contributed by atoms with Gasteiger partial charge in [0.2, 0.25) is 5.88 Å². The van der Waals surface area contributed by atoms with Crippen LogP contribution < -0.4 is 10.1 Å². The zero-order chi connectivity index (χ0) is 20.2. The van der Waals surface area contributed by atoms with Gasteiger partial charge in [-0.3, -0.25) is 9.79 Å². The Morgan fingerprint density at radius 1 is 1.44 bits per heavy atom. The second-order valence-corrected chi connectivity index (χ2v) is 6.46. The number of hydrogen-bond acceptors (Lipinski definition) is 6. The van der Waals surface area contributed by atoms with E-state index in [0.717, 1.165) is 5.70 Å². The number of hydrogen-bond donors (Lipinski definition) is 1. The fourth-order valence-corrected chi connectivity index (χ4v) is 2.32. The van der Waals surface area contributed by atoms with E-state index < -0.39 is 11.4 Å². The Labute approximate surface area is 159 Å². The lowest BCUT2D eigenvalue weighted by Gasteiger charge is -2.27. The van der Waals surface area contributed by atoms with Crippen LogP contribution in [0.25, 0.3) is 0 Å². The number of allylic oxidation sites excluding steroid dienone is 2. The summed E-state index contributed by atoms with van der Waals surface area (Å²) in [6.45, 7) is 8.87. The molecule has 1 aromatic heterocycles. The first kappa shape index (κ1) is 19.9. The molecule has 7 nitrogen and oxygen atoms in total. The van der Waals surface area contributed by atoms with Gasteiger partial charge in [-0.15, -0.1) is 6.42 Å². The molecular formula is C20H23N5O2. The lowest BCUT2D eigenvalue weighted by atomic mass is 10.1. The van der Waals surface area contributed by atoms with E-state index in [1.54, 1.807) is 39.0 Å². The van der Waals surface area contributed by atoms with Gasteiger partial charge in [0.15, 0.2) is 11.5 Å². The van der Waals surface area contributed by atoms with E-state index in [4.69, 9.17) is 11.2 Å². The number of carbonyl (C=O) groups excluding carboxylic acids is 1. The van der Waals surface area contributed by atoms with Gasteiger partial charge in [-0.05, 0) is 39.6 Å². The number of terminal acetylenes is 1. The number of aliphatic imine (C=N–C) groups is 2. The molecule has 0 bridgehead atoms. The molecule has 0 fully saturated rings. The Morgan fingerprint density at radius 3 is 2.74 bits per heavy atom. The van der Waals surface area contributed by atoms with Gasteiger partial charge < -0.3 is 15.0 Å². The summed E-state index contributed by atoms with van der Waals surface area (Å²) in [4.78, 5) is 27.3. The maximum absolute atomic E-state index is 12.7. The van der Waals surface area contributed by atoms with E-state index in [1.807, 2.05) is 25.1 Å². The molecule has 1 aromatic rings. The average Bonchev–Trinajstić information content (AvgIpc) is 2.65. The minimum atomic E-state index is -0.827. The standard InChI is InChI=1S/C20H23N5O2/c1-8-20(3,4)24-19(26)17(21-5)18-23-15(12-13(2)25(18)6)14-10-9-11-16(22-14)27-7/h1,9-12H,5H2,2-4,6-7H3,(H,24,26)/b18-17-. The number of aromatic nitrogens is 1. The molecule has 0 saturated heterocycles. The van der Waals surface area contributed by atoms with Crippen LogP contribution in [0.1, 0.15) is 26.5 Å². The molecule has 1 aliphatic rings. The first-order valence-corrected chi connectivity index (χ1v) is 8.26. The second-order valence-electron chi connectivity index (χ2n) is 6.46. The van der Waals surface area contributed by atoms with E-state index >= 15 is 0 Å². The minimum absolute atomic E-state index is 0.0775. The molecule has 0 unspecified atom stereocenters. The SMILES string of the molecule is C#CC(C)(C)NC(=O)/C(N=C)=C1\N=C(c2cccc(OC)n2)C=C(C)N1C. The highest BCUT2D eigenvalue weighted by molar-refractivity contribution is 6.09. The summed E-state index contributed by atoms with van der Waals surface area (Å²) in [5.74, 6) is 2.90. The Kier molecular flexibility index (Phi) is 5.81. The van der Waals surface area contributed by atoms with Gasteiger partial charge in [0.05, 0.1) is 24.1 Å². The van der Waals surface area contributed by atoms with Crippen molar-refractivity contribution in [1.82, 2.24) is 15.2 Å². The molecule has 7 heteroatoms. The molecule has 1 N–H and O–H groups in total. The van der Waals surface area contributed by atoms with Crippen LogP contribution in [0.15, 0.2) is 51.5 Å². The van der Waals surface area contributed by atoms with E-state index in [-0.39, 0.29) is 5.70 Å². The summed E-state index contributed by atoms with van der Waals surface area (Å²) in [5.41, 5.74) is 1.32. The van der Waals surface area contributed by atoms with Crippen molar-refractivity contribution >= 4 is 18.3 Å². The van der Waals surface area contributed by atoms with Gasteiger partial charge in [-0.2, -0.15) is 0 Å². The van der Waals surface area contributed by atoms with Crippen molar-refractivity contribution in [1.29, 1.82) is 0 Å². The topological polar surface area (TPSA) is 79.2 Å². The van der Waals surface area contributed by atoms with E-state index in [9.17, 15) is 4.79 Å². The average molecular weight is 365 g/mol. The molecule has 1 amide bonds. The largest absolute Gasteiger partial charge is 0.481 e. The second kappa shape index (κ2) is 7.87. The van der Waals surface area contributed by atoms with Crippen molar-refractivity contribution in [3.05, 3.63) is 47.2 Å². The number of ether oxygens (including phenoxy) is 1. The molecule has 1 aliphatic heterocycles. The number of carbonyl (C=O) groups is 1. The number of methoxy groups -OCH3 is 1. The van der Waals surface area contributed by atoms with Crippen LogP contribution in [0.5, 0.6) is 5.88 Å². The van der Waals surface area contributed by atoms with E-state index in [1.165, 1.54) is 0 Å². The van der Waals surface area contributed by atoms with E-state index in [0.29, 0.717) is 23.1 Å². The lowest BCUT2D eigenvalue weighted by molar-refractivity contribution is -0.118. The predicted octanol–water partition coefficient (Wildman–Crippen LogP) is 2.13. The van der Waals surface area contributed by atoms with Crippen molar-refractivity contribution in [3.63, 3.8) is 0 Å². The summed E-state index contributed by atoms with van der Waals surface area (Å²) >= 11 is 0. The molecule has 0 saturated carbocycles. The number of amides is 1. The quantitative estimate of drug-likeness (QED) is 0.492. The van der Waals surface area contributed by atoms with Crippen LogP contribution in [0.4, 0.5) is 0 Å². The van der Waals surface area contributed by atoms with Gasteiger partial charge >= 0.3 is 0 Å². The maximum Gasteiger partial charge on any atom is 0.274 e. The summed E-state index contributed by atoms with van der Waals surface area (Å²) in [6.07, 6.45) is 7.33. The molecule has 2 heterocycles. The summed E-state index contributed by atoms with van der Waals surface area (Å²) in [6, 6.07) is 5.39.